The van der Waals surface area contributed by atoms with Crippen LogP contribution >= 0.6 is 11.6 Å². The summed E-state index contributed by atoms with van der Waals surface area (Å²) in [4.78, 5) is 7.99. The normalized spacial score (nSPS) is 13.2. The van der Waals surface area contributed by atoms with Crippen LogP contribution in [0.1, 0.15) is 31.2 Å². The number of amidine groups is 1. The van der Waals surface area contributed by atoms with E-state index in [9.17, 15) is 5.11 Å². The molecule has 0 radical (unpaired) electrons. The van der Waals surface area contributed by atoms with Crippen molar-refractivity contribution in [3.8, 4) is 0 Å². The monoisotopic (exact) mass is 333 g/mol. The topological polar surface area (TPSA) is 110 Å². The summed E-state index contributed by atoms with van der Waals surface area (Å²) in [5.41, 5.74) is 14.2. The van der Waals surface area contributed by atoms with Gasteiger partial charge in [-0.15, -0.1) is 0 Å². The molecule has 1 aromatic carbocycles. The zero-order valence-corrected chi connectivity index (χ0v) is 13.7. The van der Waals surface area contributed by atoms with Crippen molar-refractivity contribution < 1.29 is 5.11 Å². The number of aromatic nitrogens is 1. The lowest BCUT2D eigenvalue weighted by atomic mass is 10.1. The van der Waals surface area contributed by atoms with E-state index in [0.29, 0.717) is 16.8 Å². The van der Waals surface area contributed by atoms with Crippen molar-refractivity contribution in [3.05, 3.63) is 52.8 Å². The first-order chi connectivity index (χ1) is 10.9. The van der Waals surface area contributed by atoms with Crippen molar-refractivity contribution in [2.75, 3.05) is 11.1 Å². The molecule has 0 aliphatic rings. The van der Waals surface area contributed by atoms with Crippen LogP contribution in [0.5, 0.6) is 0 Å². The molecule has 0 bridgehead atoms. The van der Waals surface area contributed by atoms with Gasteiger partial charge >= 0.3 is 0 Å². The number of nitrogens with one attached hydrogen (secondary N) is 1. The molecule has 1 unspecified atom stereocenters. The number of nitrogen functional groups attached to an aromatic ring is 1. The predicted octanol–water partition coefficient (Wildman–Crippen LogP) is 2.53. The van der Waals surface area contributed by atoms with Gasteiger partial charge in [0, 0.05) is 17.8 Å². The molecule has 1 atom stereocenters. The van der Waals surface area contributed by atoms with Crippen LogP contribution in [0, 0.1) is 0 Å². The Morgan fingerprint density at radius 1 is 1.35 bits per heavy atom. The highest BCUT2D eigenvalue weighted by molar-refractivity contribution is 6.32. The second-order valence-electron chi connectivity index (χ2n) is 5.38. The Kier molecular flexibility index (Phi) is 5.41. The zero-order valence-electron chi connectivity index (χ0n) is 13.0. The summed E-state index contributed by atoms with van der Waals surface area (Å²) >= 11 is 5.96. The lowest BCUT2D eigenvalue weighted by Crippen LogP contribution is -2.16. The number of pyridine rings is 1. The van der Waals surface area contributed by atoms with E-state index in [1.807, 2.05) is 13.8 Å². The summed E-state index contributed by atoms with van der Waals surface area (Å²) in [6.45, 7) is 4.04. The average Bonchev–Trinajstić information content (AvgIpc) is 2.49. The molecule has 0 amide bonds. The SMILES string of the molecule is CC(C)Nc1ccc(C(O)N=C(N)c2cccnc2Cl)cc1N. The van der Waals surface area contributed by atoms with E-state index in [-0.39, 0.29) is 17.0 Å². The molecule has 0 saturated carbocycles. The molecule has 6 nitrogen and oxygen atoms in total. The van der Waals surface area contributed by atoms with E-state index in [4.69, 9.17) is 23.1 Å². The molecule has 1 heterocycles. The zero-order chi connectivity index (χ0) is 17.0. The Labute approximate surface area is 140 Å². The van der Waals surface area contributed by atoms with Crippen molar-refractivity contribution in [3.63, 3.8) is 0 Å². The van der Waals surface area contributed by atoms with Gasteiger partial charge in [-0.1, -0.05) is 17.7 Å². The molecule has 0 saturated heterocycles. The van der Waals surface area contributed by atoms with Gasteiger partial charge in [0.15, 0.2) is 6.23 Å². The smallest absolute Gasteiger partial charge is 0.173 e. The molecule has 7 heteroatoms. The first-order valence-electron chi connectivity index (χ1n) is 7.16. The standard InChI is InChI=1S/C16H20ClN5O/c1-9(2)21-13-6-5-10(8-12(13)18)16(23)22-15(19)11-4-3-7-20-14(11)17/h3-9,16,21,23H,18H2,1-2H3,(H2,19,22). The molecule has 0 aliphatic heterocycles. The van der Waals surface area contributed by atoms with Gasteiger partial charge in [-0.2, -0.15) is 0 Å². The van der Waals surface area contributed by atoms with E-state index >= 15 is 0 Å². The molecular weight excluding hydrogens is 314 g/mol. The highest BCUT2D eigenvalue weighted by Crippen LogP contribution is 2.25. The largest absolute Gasteiger partial charge is 0.397 e. The van der Waals surface area contributed by atoms with Crippen LogP contribution in [0.15, 0.2) is 41.5 Å². The van der Waals surface area contributed by atoms with Gasteiger partial charge in [-0.05, 0) is 38.1 Å². The van der Waals surface area contributed by atoms with E-state index in [1.165, 1.54) is 0 Å². The number of anilines is 2. The minimum absolute atomic E-state index is 0.110. The number of rotatable bonds is 5. The van der Waals surface area contributed by atoms with E-state index < -0.39 is 6.23 Å². The lowest BCUT2D eigenvalue weighted by Gasteiger charge is -2.15. The van der Waals surface area contributed by atoms with Crippen molar-refractivity contribution in [1.29, 1.82) is 0 Å². The van der Waals surface area contributed by atoms with Crippen LogP contribution in [-0.2, 0) is 0 Å². The Hall–Kier alpha value is -2.31. The molecule has 122 valence electrons. The average molecular weight is 334 g/mol. The van der Waals surface area contributed by atoms with Crippen LogP contribution in [-0.4, -0.2) is 22.0 Å². The van der Waals surface area contributed by atoms with Crippen LogP contribution in [0.4, 0.5) is 11.4 Å². The number of aliphatic hydroxyl groups is 1. The Balaban J connectivity index is 2.23. The number of aliphatic imine (C=N–C) groups is 1. The lowest BCUT2D eigenvalue weighted by molar-refractivity contribution is 0.189. The van der Waals surface area contributed by atoms with Gasteiger partial charge < -0.3 is 21.9 Å². The van der Waals surface area contributed by atoms with Gasteiger partial charge in [-0.3, -0.25) is 0 Å². The van der Waals surface area contributed by atoms with Crippen LogP contribution < -0.4 is 16.8 Å². The maximum atomic E-state index is 10.2. The fraction of sp³-hybridized carbons (Fsp3) is 0.250. The summed E-state index contributed by atoms with van der Waals surface area (Å²) in [7, 11) is 0. The molecule has 6 N–H and O–H groups in total. The Bertz CT molecular complexity index is 717. The van der Waals surface area contributed by atoms with E-state index in [1.54, 1.807) is 36.5 Å². The number of aliphatic hydroxyl groups excluding tert-OH is 1. The molecule has 1 aromatic heterocycles. The summed E-state index contributed by atoms with van der Waals surface area (Å²) < 4.78 is 0. The predicted molar refractivity (Wildman–Crippen MR) is 94.5 cm³/mol. The number of hydrogen-bond acceptors (Lipinski definition) is 5. The molecule has 2 aromatic rings. The summed E-state index contributed by atoms with van der Waals surface area (Å²) in [5.74, 6) is 0.110. The van der Waals surface area contributed by atoms with Crippen molar-refractivity contribution in [1.82, 2.24) is 4.98 Å². The van der Waals surface area contributed by atoms with Gasteiger partial charge in [-0.25, -0.2) is 9.98 Å². The number of halogens is 1. The molecule has 23 heavy (non-hydrogen) atoms. The van der Waals surface area contributed by atoms with E-state index in [2.05, 4.69) is 15.3 Å². The number of benzene rings is 1. The quantitative estimate of drug-likeness (QED) is 0.291. The molecule has 0 aliphatic carbocycles. The summed E-state index contributed by atoms with van der Waals surface area (Å²) in [5, 5.41) is 13.7. The van der Waals surface area contributed by atoms with Crippen LogP contribution in [0.25, 0.3) is 0 Å². The fourth-order valence-corrected chi connectivity index (χ4v) is 2.25. The third-order valence-corrected chi connectivity index (χ3v) is 3.42. The maximum Gasteiger partial charge on any atom is 0.173 e. The Morgan fingerprint density at radius 3 is 2.70 bits per heavy atom. The maximum absolute atomic E-state index is 10.2. The van der Waals surface area contributed by atoms with Gasteiger partial charge in [0.1, 0.15) is 11.0 Å². The fourth-order valence-electron chi connectivity index (χ4n) is 2.04. The van der Waals surface area contributed by atoms with Gasteiger partial charge in [0.2, 0.25) is 0 Å². The van der Waals surface area contributed by atoms with Crippen molar-refractivity contribution in [2.24, 2.45) is 10.7 Å². The van der Waals surface area contributed by atoms with Crippen LogP contribution in [0.2, 0.25) is 5.15 Å². The first kappa shape index (κ1) is 17.1. The van der Waals surface area contributed by atoms with Crippen molar-refractivity contribution in [2.45, 2.75) is 26.1 Å². The third-order valence-electron chi connectivity index (χ3n) is 3.11. The third kappa shape index (κ3) is 4.34. The summed E-state index contributed by atoms with van der Waals surface area (Å²) in [6.07, 6.45) is 0.415. The van der Waals surface area contributed by atoms with Gasteiger partial charge in [0.05, 0.1) is 16.9 Å². The Morgan fingerprint density at radius 2 is 2.09 bits per heavy atom. The van der Waals surface area contributed by atoms with Crippen molar-refractivity contribution >= 4 is 28.8 Å². The minimum Gasteiger partial charge on any atom is -0.397 e. The van der Waals surface area contributed by atoms with Crippen LogP contribution in [0.3, 0.4) is 0 Å². The molecular formula is C16H20ClN5O. The second-order valence-corrected chi connectivity index (χ2v) is 5.73. The number of hydrogen-bond donors (Lipinski definition) is 4. The second kappa shape index (κ2) is 7.30. The minimum atomic E-state index is -1.14. The highest BCUT2D eigenvalue weighted by Gasteiger charge is 2.12. The molecule has 2 rings (SSSR count). The van der Waals surface area contributed by atoms with E-state index in [0.717, 1.165) is 5.69 Å². The number of nitrogens with zero attached hydrogens (tertiary/aromatic N) is 2. The first-order valence-corrected chi connectivity index (χ1v) is 7.54. The summed E-state index contributed by atoms with van der Waals surface area (Å²) in [6, 6.07) is 8.85. The van der Waals surface area contributed by atoms with Gasteiger partial charge in [0.25, 0.3) is 0 Å². The number of nitrogens with two attached hydrogens (primary N) is 2. The highest BCUT2D eigenvalue weighted by atomic mass is 35.5. The molecule has 0 spiro atoms. The molecule has 0 fully saturated rings.